The van der Waals surface area contributed by atoms with Crippen molar-refractivity contribution in [1.82, 2.24) is 19.5 Å². The van der Waals surface area contributed by atoms with Gasteiger partial charge in [0.05, 0.1) is 17.2 Å². The molecular weight excluding hydrogens is 400 g/mol. The first-order valence-electron chi connectivity index (χ1n) is 10.1. The second kappa shape index (κ2) is 9.92. The van der Waals surface area contributed by atoms with E-state index < -0.39 is 0 Å². The largest absolute Gasteiger partial charge is 0.392 e. The molecule has 0 radical (unpaired) electrons. The van der Waals surface area contributed by atoms with Crippen molar-refractivity contribution in [3.63, 3.8) is 0 Å². The molecule has 1 saturated carbocycles. The van der Waals surface area contributed by atoms with E-state index in [1.165, 1.54) is 43.4 Å². The van der Waals surface area contributed by atoms with E-state index in [0.717, 1.165) is 20.9 Å². The van der Waals surface area contributed by atoms with Crippen LogP contribution in [0.1, 0.15) is 37.7 Å². The summed E-state index contributed by atoms with van der Waals surface area (Å²) in [4.78, 5) is 19.8. The Hall–Kier alpha value is -2.62. The standard InChI is InChI=1S/C21H26N6O2S/c1-29-14-27-12-18(30-21(27)26-19-11-15(13-28)7-9-22-19)17-8-10-23-20(25-17)24-16-5-3-2-4-6-16/h7-12,16,28H,2-6,13-14H2,1H3,(H,23,24,25). The summed E-state index contributed by atoms with van der Waals surface area (Å²) in [6.07, 6.45) is 11.6. The van der Waals surface area contributed by atoms with Crippen LogP contribution in [0, 0.1) is 0 Å². The molecule has 1 fully saturated rings. The summed E-state index contributed by atoms with van der Waals surface area (Å²) < 4.78 is 7.25. The Balaban J connectivity index is 1.64. The summed E-state index contributed by atoms with van der Waals surface area (Å²) in [5.41, 5.74) is 1.62. The normalized spacial score (nSPS) is 15.5. The van der Waals surface area contributed by atoms with E-state index in [9.17, 15) is 5.11 Å². The number of anilines is 1. The lowest BCUT2D eigenvalue weighted by Gasteiger charge is -2.22. The van der Waals surface area contributed by atoms with Crippen molar-refractivity contribution in [1.29, 1.82) is 0 Å². The first-order chi connectivity index (χ1) is 14.7. The maximum atomic E-state index is 9.35. The van der Waals surface area contributed by atoms with E-state index in [-0.39, 0.29) is 6.61 Å². The zero-order chi connectivity index (χ0) is 20.8. The molecule has 1 aliphatic carbocycles. The first kappa shape index (κ1) is 20.6. The fraction of sp³-hybridized carbons (Fsp3) is 0.429. The molecule has 30 heavy (non-hydrogen) atoms. The molecule has 0 spiro atoms. The van der Waals surface area contributed by atoms with Gasteiger partial charge >= 0.3 is 0 Å². The highest BCUT2D eigenvalue weighted by molar-refractivity contribution is 7.12. The van der Waals surface area contributed by atoms with Gasteiger partial charge in [0.2, 0.25) is 5.95 Å². The average Bonchev–Trinajstić information content (AvgIpc) is 3.17. The highest BCUT2D eigenvalue weighted by atomic mass is 32.1. The number of nitrogens with one attached hydrogen (secondary N) is 1. The van der Waals surface area contributed by atoms with Crippen molar-refractivity contribution >= 4 is 23.1 Å². The number of rotatable bonds is 7. The van der Waals surface area contributed by atoms with Gasteiger partial charge in [-0.2, -0.15) is 0 Å². The van der Waals surface area contributed by atoms with Gasteiger partial charge in [0.1, 0.15) is 6.73 Å². The molecule has 0 unspecified atom stereocenters. The van der Waals surface area contributed by atoms with E-state index in [0.29, 0.717) is 24.5 Å². The lowest BCUT2D eigenvalue weighted by Crippen LogP contribution is -2.23. The number of hydrogen-bond acceptors (Lipinski definition) is 8. The Morgan fingerprint density at radius 3 is 2.87 bits per heavy atom. The van der Waals surface area contributed by atoms with Gasteiger partial charge in [0, 0.05) is 31.7 Å². The molecule has 2 N–H and O–H groups in total. The van der Waals surface area contributed by atoms with Gasteiger partial charge in [-0.15, -0.1) is 0 Å². The van der Waals surface area contributed by atoms with Crippen LogP contribution in [0.15, 0.2) is 41.8 Å². The van der Waals surface area contributed by atoms with Crippen LogP contribution in [-0.2, 0) is 18.1 Å². The van der Waals surface area contributed by atoms with Crippen molar-refractivity contribution in [2.45, 2.75) is 51.5 Å². The number of methoxy groups -OCH3 is 1. The van der Waals surface area contributed by atoms with Gasteiger partial charge in [-0.3, -0.25) is 4.57 Å². The predicted molar refractivity (Wildman–Crippen MR) is 116 cm³/mol. The second-order valence-electron chi connectivity index (χ2n) is 7.30. The molecule has 0 amide bonds. The zero-order valence-corrected chi connectivity index (χ0v) is 17.8. The number of hydrogen-bond donors (Lipinski definition) is 2. The van der Waals surface area contributed by atoms with E-state index in [2.05, 4.69) is 20.3 Å². The molecule has 0 saturated heterocycles. The molecule has 4 rings (SSSR count). The van der Waals surface area contributed by atoms with E-state index in [4.69, 9.17) is 9.72 Å². The van der Waals surface area contributed by atoms with Crippen molar-refractivity contribution in [2.75, 3.05) is 12.4 Å². The maximum Gasteiger partial charge on any atom is 0.223 e. The highest BCUT2D eigenvalue weighted by Crippen LogP contribution is 2.24. The van der Waals surface area contributed by atoms with Crippen molar-refractivity contribution in [3.8, 4) is 10.6 Å². The lowest BCUT2D eigenvalue weighted by molar-refractivity contribution is 0.129. The topological polar surface area (TPSA) is 97.5 Å². The number of thiazole rings is 1. The number of aromatic nitrogens is 4. The fourth-order valence-electron chi connectivity index (χ4n) is 3.53. The second-order valence-corrected chi connectivity index (χ2v) is 8.31. The van der Waals surface area contributed by atoms with Crippen LogP contribution >= 0.6 is 11.3 Å². The predicted octanol–water partition coefficient (Wildman–Crippen LogP) is 3.47. The minimum absolute atomic E-state index is 0.0451. The number of pyridine rings is 1. The van der Waals surface area contributed by atoms with Gasteiger partial charge in [0.15, 0.2) is 10.6 Å². The molecule has 8 nitrogen and oxygen atoms in total. The van der Waals surface area contributed by atoms with Crippen LogP contribution in [0.4, 0.5) is 11.8 Å². The van der Waals surface area contributed by atoms with Crippen LogP contribution in [0.3, 0.4) is 0 Å². The Bertz CT molecular complexity index is 1040. The Morgan fingerprint density at radius 2 is 2.07 bits per heavy atom. The average molecular weight is 427 g/mol. The summed E-state index contributed by atoms with van der Waals surface area (Å²) in [6, 6.07) is 5.90. The van der Waals surface area contributed by atoms with Crippen molar-refractivity contribution in [3.05, 3.63) is 47.2 Å². The molecule has 3 heterocycles. The third-order valence-electron chi connectivity index (χ3n) is 5.04. The molecule has 9 heteroatoms. The Kier molecular flexibility index (Phi) is 6.83. The van der Waals surface area contributed by atoms with Gasteiger partial charge in [-0.1, -0.05) is 30.6 Å². The minimum atomic E-state index is -0.0451. The third kappa shape index (κ3) is 5.10. The van der Waals surface area contributed by atoms with E-state index >= 15 is 0 Å². The summed E-state index contributed by atoms with van der Waals surface area (Å²) in [7, 11) is 1.65. The molecule has 0 aliphatic heterocycles. The Morgan fingerprint density at radius 1 is 1.23 bits per heavy atom. The van der Waals surface area contributed by atoms with E-state index in [1.807, 2.05) is 16.8 Å². The fourth-order valence-corrected chi connectivity index (χ4v) is 4.49. The molecule has 0 aromatic carbocycles. The molecule has 0 atom stereocenters. The van der Waals surface area contributed by atoms with Crippen molar-refractivity contribution in [2.24, 2.45) is 4.99 Å². The summed E-state index contributed by atoms with van der Waals surface area (Å²) in [5, 5.41) is 12.8. The SMILES string of the molecule is COCn1cc(-c2ccnc(NC3CCCCC3)n2)sc1=Nc1cc(CO)ccn1. The monoisotopic (exact) mass is 426 g/mol. The summed E-state index contributed by atoms with van der Waals surface area (Å²) in [5.74, 6) is 1.21. The molecule has 1 aliphatic rings. The summed E-state index contributed by atoms with van der Waals surface area (Å²) in [6.45, 7) is 0.323. The highest BCUT2D eigenvalue weighted by Gasteiger charge is 2.15. The molecule has 3 aromatic rings. The quantitative estimate of drug-likeness (QED) is 0.600. The van der Waals surface area contributed by atoms with E-state index in [1.54, 1.807) is 31.6 Å². The summed E-state index contributed by atoms with van der Waals surface area (Å²) >= 11 is 1.51. The Labute approximate surface area is 179 Å². The number of nitrogens with zero attached hydrogens (tertiary/aromatic N) is 5. The van der Waals surface area contributed by atoms with Gasteiger partial charge in [-0.25, -0.2) is 19.9 Å². The minimum Gasteiger partial charge on any atom is -0.392 e. The van der Waals surface area contributed by atoms with Crippen LogP contribution in [0.2, 0.25) is 0 Å². The van der Waals surface area contributed by atoms with Crippen LogP contribution in [0.5, 0.6) is 0 Å². The van der Waals surface area contributed by atoms with Gasteiger partial charge < -0.3 is 15.2 Å². The van der Waals surface area contributed by atoms with Crippen LogP contribution < -0.4 is 10.1 Å². The zero-order valence-electron chi connectivity index (χ0n) is 17.0. The van der Waals surface area contributed by atoms with Crippen molar-refractivity contribution < 1.29 is 9.84 Å². The number of aliphatic hydroxyl groups excluding tert-OH is 1. The molecular formula is C21H26N6O2S. The van der Waals surface area contributed by atoms with Crippen LogP contribution in [0.25, 0.3) is 10.6 Å². The van der Waals surface area contributed by atoms with Crippen LogP contribution in [-0.4, -0.2) is 37.8 Å². The maximum absolute atomic E-state index is 9.35. The molecule has 0 bridgehead atoms. The number of aliphatic hydroxyl groups is 1. The molecule has 158 valence electrons. The molecule has 3 aromatic heterocycles. The smallest absolute Gasteiger partial charge is 0.223 e. The van der Waals surface area contributed by atoms with Gasteiger partial charge in [0.25, 0.3) is 0 Å². The third-order valence-corrected chi connectivity index (χ3v) is 6.08. The lowest BCUT2D eigenvalue weighted by atomic mass is 9.96. The first-order valence-corrected chi connectivity index (χ1v) is 11.0. The van der Waals surface area contributed by atoms with Gasteiger partial charge in [-0.05, 0) is 36.6 Å². The number of ether oxygens (including phenoxy) is 1.